The lowest BCUT2D eigenvalue weighted by Crippen LogP contribution is -1.90. The fraction of sp³-hybridized carbons (Fsp3) is 0.0488. The van der Waals surface area contributed by atoms with Gasteiger partial charge in [0, 0.05) is 32.7 Å². The third kappa shape index (κ3) is 5.50. The van der Waals surface area contributed by atoms with E-state index < -0.39 is 0 Å². The molecule has 44 heavy (non-hydrogen) atoms. The molecule has 0 saturated heterocycles. The first kappa shape index (κ1) is 28.3. The summed E-state index contributed by atoms with van der Waals surface area (Å²) in [4.78, 5) is 9.71. The maximum Gasteiger partial charge on any atom is 0.0991 e. The van der Waals surface area contributed by atoms with Gasteiger partial charge in [-0.2, -0.15) is 5.26 Å². The molecule has 8 aromatic rings. The number of nitriles is 1. The van der Waals surface area contributed by atoms with Gasteiger partial charge in [0.2, 0.25) is 0 Å². The van der Waals surface area contributed by atoms with Gasteiger partial charge in [0.05, 0.1) is 34.1 Å². The lowest BCUT2D eigenvalue weighted by molar-refractivity contribution is 1.42. The molecule has 6 aromatic carbocycles. The van der Waals surface area contributed by atoms with Crippen molar-refractivity contribution < 1.29 is 0 Å². The Morgan fingerprint density at radius 2 is 0.818 bits per heavy atom. The molecule has 0 bridgehead atoms. The van der Waals surface area contributed by atoms with Gasteiger partial charge >= 0.3 is 0 Å². The van der Waals surface area contributed by atoms with Gasteiger partial charge in [0.25, 0.3) is 0 Å². The van der Waals surface area contributed by atoms with Crippen molar-refractivity contribution in [1.82, 2.24) is 9.97 Å². The Morgan fingerprint density at radius 3 is 1.34 bits per heavy atom. The van der Waals surface area contributed by atoms with Crippen LogP contribution in [0.4, 0.5) is 0 Å². The standard InChI is InChI=1S/C20H12N2.C19H13N.C2H6/c21-13-14-10-11-19-18(12-14)16-8-4-5-9-17(16)20(22-19)15-6-2-1-3-7-15;1-2-8-14(9-3-1)19-17-12-5-4-10-15(17)16-11-6-7-13-18(16)20-19;1-2/h1-12H;1-13H;1-2H3. The van der Waals surface area contributed by atoms with Gasteiger partial charge in [-0.3, -0.25) is 0 Å². The quantitative estimate of drug-likeness (QED) is 0.196. The molecule has 0 amide bonds. The Kier molecular flexibility index (Phi) is 8.34. The van der Waals surface area contributed by atoms with Gasteiger partial charge in [-0.1, -0.05) is 141 Å². The lowest BCUT2D eigenvalue weighted by atomic mass is 9.99. The molecule has 3 nitrogen and oxygen atoms in total. The van der Waals surface area contributed by atoms with E-state index >= 15 is 0 Å². The molecule has 0 aliphatic heterocycles. The summed E-state index contributed by atoms with van der Waals surface area (Å²) in [6.07, 6.45) is 0. The molecule has 2 heterocycles. The van der Waals surface area contributed by atoms with Gasteiger partial charge in [-0.05, 0) is 35.0 Å². The Morgan fingerprint density at radius 1 is 0.409 bits per heavy atom. The first-order valence-electron chi connectivity index (χ1n) is 14.9. The van der Waals surface area contributed by atoms with Gasteiger partial charge in [-0.15, -0.1) is 0 Å². The van der Waals surface area contributed by atoms with Crippen molar-refractivity contribution in [1.29, 1.82) is 5.26 Å². The van der Waals surface area contributed by atoms with Crippen molar-refractivity contribution in [2.75, 3.05) is 0 Å². The molecule has 0 unspecified atom stereocenters. The maximum atomic E-state index is 9.13. The maximum absolute atomic E-state index is 9.13. The second-order valence-electron chi connectivity index (χ2n) is 10.1. The van der Waals surface area contributed by atoms with Crippen LogP contribution in [-0.4, -0.2) is 9.97 Å². The molecular weight excluding hydrogens is 534 g/mol. The van der Waals surface area contributed by atoms with Crippen LogP contribution in [0.2, 0.25) is 0 Å². The Balaban J connectivity index is 0.000000148. The Bertz CT molecular complexity index is 2250. The summed E-state index contributed by atoms with van der Waals surface area (Å²) >= 11 is 0. The van der Waals surface area contributed by atoms with Gasteiger partial charge in [0.1, 0.15) is 0 Å². The normalized spacial score (nSPS) is 10.5. The van der Waals surface area contributed by atoms with Crippen molar-refractivity contribution >= 4 is 43.4 Å². The molecule has 8 rings (SSSR count). The van der Waals surface area contributed by atoms with Crippen LogP contribution in [-0.2, 0) is 0 Å². The first-order chi connectivity index (χ1) is 21.8. The Hall–Kier alpha value is -5.85. The van der Waals surface area contributed by atoms with E-state index in [0.717, 1.165) is 49.7 Å². The number of hydrogen-bond donors (Lipinski definition) is 0. The monoisotopic (exact) mass is 565 g/mol. The van der Waals surface area contributed by atoms with E-state index in [1.165, 1.54) is 16.2 Å². The average Bonchev–Trinajstić information content (AvgIpc) is 3.12. The minimum absolute atomic E-state index is 0.659. The van der Waals surface area contributed by atoms with Crippen LogP contribution >= 0.6 is 0 Å². The molecule has 2 aromatic heterocycles. The third-order valence-electron chi connectivity index (χ3n) is 7.53. The number of benzene rings is 6. The number of fused-ring (bicyclic) bond motifs is 6. The molecule has 0 spiro atoms. The van der Waals surface area contributed by atoms with Gasteiger partial charge in [-0.25, -0.2) is 9.97 Å². The fourth-order valence-electron chi connectivity index (χ4n) is 5.56. The van der Waals surface area contributed by atoms with E-state index in [-0.39, 0.29) is 0 Å². The number of hydrogen-bond acceptors (Lipinski definition) is 3. The van der Waals surface area contributed by atoms with Crippen LogP contribution in [0, 0.1) is 11.3 Å². The van der Waals surface area contributed by atoms with Crippen LogP contribution in [0.1, 0.15) is 19.4 Å². The van der Waals surface area contributed by atoms with Gasteiger partial charge < -0.3 is 0 Å². The van der Waals surface area contributed by atoms with Crippen LogP contribution in [0.15, 0.2) is 152 Å². The smallest absolute Gasteiger partial charge is 0.0991 e. The summed E-state index contributed by atoms with van der Waals surface area (Å²) < 4.78 is 0. The Labute approximate surface area is 257 Å². The van der Waals surface area contributed by atoms with Crippen molar-refractivity contribution in [3.63, 3.8) is 0 Å². The summed E-state index contributed by atoms with van der Waals surface area (Å²) in [7, 11) is 0. The molecule has 0 aliphatic carbocycles. The van der Waals surface area contributed by atoms with Crippen LogP contribution < -0.4 is 0 Å². The highest BCUT2D eigenvalue weighted by Gasteiger charge is 2.11. The van der Waals surface area contributed by atoms with Crippen molar-refractivity contribution in [2.24, 2.45) is 0 Å². The molecule has 0 radical (unpaired) electrons. The molecular formula is C41H31N3. The minimum atomic E-state index is 0.659. The van der Waals surface area contributed by atoms with Crippen molar-refractivity contribution in [3.05, 3.63) is 157 Å². The van der Waals surface area contributed by atoms with Gasteiger partial charge in [0.15, 0.2) is 0 Å². The zero-order valence-electron chi connectivity index (χ0n) is 24.8. The molecule has 0 atom stereocenters. The predicted molar refractivity (Wildman–Crippen MR) is 185 cm³/mol. The second-order valence-corrected chi connectivity index (χ2v) is 10.1. The summed E-state index contributed by atoms with van der Waals surface area (Å²) in [6.45, 7) is 4.00. The number of aromatic nitrogens is 2. The number of rotatable bonds is 2. The highest BCUT2D eigenvalue weighted by molar-refractivity contribution is 6.12. The number of pyridine rings is 2. The molecule has 0 N–H and O–H groups in total. The fourth-order valence-corrected chi connectivity index (χ4v) is 5.56. The van der Waals surface area contributed by atoms with E-state index in [9.17, 15) is 0 Å². The first-order valence-corrected chi connectivity index (χ1v) is 14.9. The van der Waals surface area contributed by atoms with Crippen LogP contribution in [0.25, 0.3) is 65.9 Å². The van der Waals surface area contributed by atoms with E-state index in [0.29, 0.717) is 5.56 Å². The highest BCUT2D eigenvalue weighted by Crippen LogP contribution is 2.33. The molecule has 3 heteroatoms. The summed E-state index contributed by atoms with van der Waals surface area (Å²) in [5, 5.41) is 16.1. The van der Waals surface area contributed by atoms with Crippen molar-refractivity contribution in [2.45, 2.75) is 13.8 Å². The van der Waals surface area contributed by atoms with Crippen molar-refractivity contribution in [3.8, 4) is 28.6 Å². The van der Waals surface area contributed by atoms with E-state index in [1.807, 2.05) is 74.5 Å². The minimum Gasteiger partial charge on any atom is -0.247 e. The lowest BCUT2D eigenvalue weighted by Gasteiger charge is -2.10. The predicted octanol–water partition coefficient (Wildman–Crippen LogP) is 11.0. The molecule has 0 aliphatic rings. The summed E-state index contributed by atoms with van der Waals surface area (Å²) in [5.41, 5.74) is 6.92. The van der Waals surface area contributed by atoms with E-state index in [2.05, 4.69) is 97.1 Å². The summed E-state index contributed by atoms with van der Waals surface area (Å²) in [6, 6.07) is 53.5. The zero-order chi connectivity index (χ0) is 30.3. The highest BCUT2D eigenvalue weighted by atomic mass is 14.7. The molecule has 0 saturated carbocycles. The third-order valence-corrected chi connectivity index (χ3v) is 7.53. The topological polar surface area (TPSA) is 49.6 Å². The van der Waals surface area contributed by atoms with E-state index in [4.69, 9.17) is 15.2 Å². The average molecular weight is 566 g/mol. The molecule has 0 fully saturated rings. The largest absolute Gasteiger partial charge is 0.247 e. The summed E-state index contributed by atoms with van der Waals surface area (Å²) in [5.74, 6) is 0. The second kappa shape index (κ2) is 13.0. The van der Waals surface area contributed by atoms with Crippen LogP contribution in [0.3, 0.4) is 0 Å². The van der Waals surface area contributed by atoms with Crippen LogP contribution in [0.5, 0.6) is 0 Å². The van der Waals surface area contributed by atoms with E-state index in [1.54, 1.807) is 0 Å². The zero-order valence-corrected chi connectivity index (χ0v) is 24.8. The SMILES string of the molecule is CC.N#Cc1ccc2nc(-c3ccccc3)c3ccccc3c2c1.c1ccc(-c2nc3ccccc3c3ccccc23)cc1. The molecule has 210 valence electrons. The number of para-hydroxylation sites is 1. The number of nitrogens with zero attached hydrogens (tertiary/aromatic N) is 3.